The number of nitrogens with zero attached hydrogens (tertiary/aromatic N) is 1. The Morgan fingerprint density at radius 2 is 1.76 bits per heavy atom. The van der Waals surface area contributed by atoms with E-state index in [9.17, 15) is 9.59 Å². The maximum atomic E-state index is 14.0. The van der Waals surface area contributed by atoms with Crippen molar-refractivity contribution in [3.05, 3.63) is 65.7 Å². The van der Waals surface area contributed by atoms with Gasteiger partial charge in [0.25, 0.3) is 5.91 Å². The Labute approximate surface area is 194 Å². The molecule has 1 saturated heterocycles. The Morgan fingerprint density at radius 3 is 2.58 bits per heavy atom. The van der Waals surface area contributed by atoms with Gasteiger partial charge in [-0.1, -0.05) is 55.2 Å². The Kier molecular flexibility index (Phi) is 5.95. The highest BCUT2D eigenvalue weighted by Crippen LogP contribution is 2.47. The summed E-state index contributed by atoms with van der Waals surface area (Å²) in [5.41, 5.74) is 8.35. The van der Waals surface area contributed by atoms with Gasteiger partial charge in [0.15, 0.2) is 0 Å². The van der Waals surface area contributed by atoms with Crippen LogP contribution < -0.4 is 16.4 Å². The second kappa shape index (κ2) is 9.19. The predicted molar refractivity (Wildman–Crippen MR) is 128 cm³/mol. The molecule has 2 aliphatic heterocycles. The van der Waals surface area contributed by atoms with Crippen molar-refractivity contribution in [1.29, 1.82) is 0 Å². The maximum absolute atomic E-state index is 14.0. The first kappa shape index (κ1) is 21.4. The molecule has 3 aliphatic rings. The third-order valence-electron chi connectivity index (χ3n) is 7.42. The number of hydrogen-bond donors (Lipinski definition) is 3. The standard InChI is InChI=1S/C27H30N4O2/c28-16-14-24-20-15-17-31(25(20)19-10-4-6-12-22(19)29-24)27(33)21-11-5-7-13-23(21)30-26(32)18-8-2-1-3-9-18/h1-4,6,8-10,12,20-21,23-25,29H,5,7,11,13,15,17,28H2,(H,30,32)/t20?,21-,23+,24?,25-/m0/s1. The van der Waals surface area contributed by atoms with Crippen LogP contribution in [-0.2, 0) is 4.79 Å². The molecule has 6 nitrogen and oxygen atoms in total. The molecule has 2 amide bonds. The smallest absolute Gasteiger partial charge is 0.251 e. The Morgan fingerprint density at radius 1 is 1.00 bits per heavy atom. The van der Waals surface area contributed by atoms with E-state index in [0.717, 1.165) is 43.4 Å². The topological polar surface area (TPSA) is 87.5 Å². The van der Waals surface area contributed by atoms with Crippen LogP contribution in [0.4, 0.5) is 5.69 Å². The SMILES string of the molecule is NC#CC1Nc2ccccc2[C@H]2C1CCN2C(=O)[C@H]1CCCC[C@H]1NC(=O)c1ccccc1. The second-order valence-electron chi connectivity index (χ2n) is 9.26. The summed E-state index contributed by atoms with van der Waals surface area (Å²) < 4.78 is 0. The lowest BCUT2D eigenvalue weighted by Gasteiger charge is -2.40. The van der Waals surface area contributed by atoms with E-state index in [1.54, 1.807) is 0 Å². The average molecular weight is 443 g/mol. The number of carbonyl (C=O) groups is 2. The lowest BCUT2D eigenvalue weighted by Crippen LogP contribution is -2.50. The minimum absolute atomic E-state index is 0.0202. The molecule has 1 saturated carbocycles. The Hall–Kier alpha value is -3.46. The lowest BCUT2D eigenvalue weighted by molar-refractivity contribution is -0.138. The van der Waals surface area contributed by atoms with E-state index in [1.807, 2.05) is 53.4 Å². The summed E-state index contributed by atoms with van der Waals surface area (Å²) in [5, 5.41) is 6.69. The van der Waals surface area contributed by atoms with Crippen LogP contribution in [0.1, 0.15) is 54.1 Å². The number of rotatable bonds is 3. The first-order chi connectivity index (χ1) is 16.2. The molecular formula is C27H30N4O2. The van der Waals surface area contributed by atoms with Gasteiger partial charge in [-0.2, -0.15) is 0 Å². The minimum atomic E-state index is -0.203. The molecule has 2 aromatic carbocycles. The molecule has 2 fully saturated rings. The molecular weight excluding hydrogens is 412 g/mol. The highest BCUT2D eigenvalue weighted by atomic mass is 16.2. The molecule has 0 aromatic heterocycles. The van der Waals surface area contributed by atoms with Crippen LogP contribution in [0.2, 0.25) is 0 Å². The Bertz CT molecular complexity index is 1090. The van der Waals surface area contributed by atoms with Crippen LogP contribution in [-0.4, -0.2) is 35.3 Å². The summed E-state index contributed by atoms with van der Waals surface area (Å²) in [5.74, 6) is 3.15. The van der Waals surface area contributed by atoms with Gasteiger partial charge in [0, 0.05) is 35.8 Å². The highest BCUT2D eigenvalue weighted by molar-refractivity contribution is 5.94. The van der Waals surface area contributed by atoms with Crippen LogP contribution in [0.15, 0.2) is 54.6 Å². The van der Waals surface area contributed by atoms with E-state index in [0.29, 0.717) is 12.1 Å². The van der Waals surface area contributed by atoms with Gasteiger partial charge in [0.2, 0.25) is 5.91 Å². The first-order valence-corrected chi connectivity index (χ1v) is 11.9. The number of likely N-dealkylation sites (tertiary alicyclic amines) is 1. The molecule has 6 heteroatoms. The van der Waals surface area contributed by atoms with Gasteiger partial charge < -0.3 is 21.3 Å². The number of fused-ring (bicyclic) bond motifs is 3. The van der Waals surface area contributed by atoms with Gasteiger partial charge in [-0.15, -0.1) is 0 Å². The molecule has 5 atom stereocenters. The highest BCUT2D eigenvalue weighted by Gasteiger charge is 2.47. The fourth-order valence-electron chi connectivity index (χ4n) is 5.86. The van der Waals surface area contributed by atoms with Gasteiger partial charge >= 0.3 is 0 Å². The Balaban J connectivity index is 1.40. The van der Waals surface area contributed by atoms with E-state index in [2.05, 4.69) is 28.7 Å². The van der Waals surface area contributed by atoms with E-state index in [-0.39, 0.29) is 41.8 Å². The van der Waals surface area contributed by atoms with E-state index in [4.69, 9.17) is 5.73 Å². The first-order valence-electron chi connectivity index (χ1n) is 11.9. The van der Waals surface area contributed by atoms with Crippen molar-refractivity contribution in [2.75, 3.05) is 11.9 Å². The summed E-state index contributed by atoms with van der Waals surface area (Å²) in [6.45, 7) is 0.697. The molecule has 33 heavy (non-hydrogen) atoms. The molecule has 1 aliphatic carbocycles. The van der Waals surface area contributed by atoms with Crippen molar-refractivity contribution < 1.29 is 9.59 Å². The van der Waals surface area contributed by atoms with Gasteiger partial charge in [0.05, 0.1) is 18.0 Å². The minimum Gasteiger partial charge on any atom is -0.371 e. The number of nitrogens with two attached hydrogens (primary N) is 1. The van der Waals surface area contributed by atoms with Crippen LogP contribution in [0.3, 0.4) is 0 Å². The zero-order valence-corrected chi connectivity index (χ0v) is 18.7. The van der Waals surface area contributed by atoms with Gasteiger partial charge in [-0.3, -0.25) is 9.59 Å². The largest absolute Gasteiger partial charge is 0.371 e. The summed E-state index contributed by atoms with van der Waals surface area (Å²) in [6, 6.07) is 19.7. The number of anilines is 1. The summed E-state index contributed by atoms with van der Waals surface area (Å²) in [4.78, 5) is 28.8. The molecule has 4 N–H and O–H groups in total. The summed E-state index contributed by atoms with van der Waals surface area (Å²) >= 11 is 0. The van der Waals surface area contributed by atoms with Crippen molar-refractivity contribution in [3.8, 4) is 12.0 Å². The van der Waals surface area contributed by atoms with Crippen LogP contribution in [0.25, 0.3) is 0 Å². The number of para-hydroxylation sites is 1. The molecule has 2 heterocycles. The molecule has 2 aromatic rings. The molecule has 0 spiro atoms. The molecule has 0 radical (unpaired) electrons. The quantitative estimate of drug-likeness (QED) is 0.503. The normalized spacial score (nSPS) is 27.9. The average Bonchev–Trinajstić information content (AvgIpc) is 3.31. The van der Waals surface area contributed by atoms with Gasteiger partial charge in [0.1, 0.15) is 0 Å². The van der Waals surface area contributed by atoms with Crippen molar-refractivity contribution >= 4 is 17.5 Å². The van der Waals surface area contributed by atoms with Crippen molar-refractivity contribution in [2.24, 2.45) is 17.6 Å². The fraction of sp³-hybridized carbons (Fsp3) is 0.407. The fourth-order valence-corrected chi connectivity index (χ4v) is 5.86. The third-order valence-corrected chi connectivity index (χ3v) is 7.42. The van der Waals surface area contributed by atoms with Crippen LogP contribution in [0, 0.1) is 23.8 Å². The molecule has 5 rings (SSSR count). The van der Waals surface area contributed by atoms with E-state index in [1.165, 1.54) is 0 Å². The number of amides is 2. The summed E-state index contributed by atoms with van der Waals surface area (Å²) in [7, 11) is 0. The number of hydrogen-bond acceptors (Lipinski definition) is 4. The van der Waals surface area contributed by atoms with Crippen molar-refractivity contribution in [1.82, 2.24) is 10.2 Å². The molecule has 2 unspecified atom stereocenters. The number of benzene rings is 2. The molecule has 170 valence electrons. The molecule has 0 bridgehead atoms. The monoisotopic (exact) mass is 442 g/mol. The summed E-state index contributed by atoms with van der Waals surface area (Å²) in [6.07, 6.45) is 4.55. The van der Waals surface area contributed by atoms with E-state index >= 15 is 0 Å². The van der Waals surface area contributed by atoms with Gasteiger partial charge in [-0.05, 0) is 43.0 Å². The predicted octanol–water partition coefficient (Wildman–Crippen LogP) is 3.28. The zero-order chi connectivity index (χ0) is 22.8. The number of nitrogens with one attached hydrogen (secondary N) is 2. The maximum Gasteiger partial charge on any atom is 0.251 e. The van der Waals surface area contributed by atoms with Crippen LogP contribution in [0.5, 0.6) is 0 Å². The van der Waals surface area contributed by atoms with Crippen LogP contribution >= 0.6 is 0 Å². The van der Waals surface area contributed by atoms with Crippen molar-refractivity contribution in [3.63, 3.8) is 0 Å². The third kappa shape index (κ3) is 4.04. The number of carbonyl (C=O) groups excluding carboxylic acids is 2. The van der Waals surface area contributed by atoms with E-state index < -0.39 is 0 Å². The van der Waals surface area contributed by atoms with Crippen molar-refractivity contribution in [2.45, 2.75) is 50.2 Å². The zero-order valence-electron chi connectivity index (χ0n) is 18.7. The lowest BCUT2D eigenvalue weighted by atomic mass is 9.81. The second-order valence-corrected chi connectivity index (χ2v) is 9.26. The van der Waals surface area contributed by atoms with Gasteiger partial charge in [-0.25, -0.2) is 0 Å².